The second-order valence-electron chi connectivity index (χ2n) is 6.15. The van der Waals surface area contributed by atoms with Gasteiger partial charge >= 0.3 is 0 Å². The lowest BCUT2D eigenvalue weighted by atomic mass is 10.1. The van der Waals surface area contributed by atoms with Crippen LogP contribution in [-0.2, 0) is 16.1 Å². The number of nitrogens with zero attached hydrogens (tertiary/aromatic N) is 1. The fraction of sp³-hybridized carbons (Fsp3) is 0.562. The molecular weight excluding hydrogens is 266 g/mol. The molecule has 1 amide bonds. The molecule has 1 aromatic rings. The van der Waals surface area contributed by atoms with Crippen LogP contribution in [0.15, 0.2) is 30.3 Å². The van der Waals surface area contributed by atoms with E-state index in [0.717, 1.165) is 19.6 Å². The first-order valence-corrected chi connectivity index (χ1v) is 7.40. The minimum absolute atomic E-state index is 0.0220. The highest BCUT2D eigenvalue weighted by Gasteiger charge is 2.25. The van der Waals surface area contributed by atoms with E-state index in [2.05, 4.69) is 34.5 Å². The number of rotatable bonds is 5. The zero-order valence-corrected chi connectivity index (χ0v) is 12.8. The summed E-state index contributed by atoms with van der Waals surface area (Å²) in [7, 11) is 0. The van der Waals surface area contributed by atoms with Gasteiger partial charge in [0.2, 0.25) is 5.91 Å². The zero-order chi connectivity index (χ0) is 15.3. The van der Waals surface area contributed by atoms with Crippen molar-refractivity contribution in [3.63, 3.8) is 0 Å². The number of nitrogens with one attached hydrogen (secondary N) is 1. The van der Waals surface area contributed by atoms with Crippen molar-refractivity contribution >= 4 is 5.91 Å². The second kappa shape index (κ2) is 7.02. The van der Waals surface area contributed by atoms with E-state index in [9.17, 15) is 4.79 Å². The Kier molecular flexibility index (Phi) is 5.33. The quantitative estimate of drug-likeness (QED) is 0.840. The summed E-state index contributed by atoms with van der Waals surface area (Å²) >= 11 is 0. The van der Waals surface area contributed by atoms with Gasteiger partial charge in [0.1, 0.15) is 0 Å². The summed E-state index contributed by atoms with van der Waals surface area (Å²) in [6.07, 6.45) is 0.0220. The minimum atomic E-state index is -0.849. The largest absolute Gasteiger partial charge is 0.374 e. The van der Waals surface area contributed by atoms with Crippen LogP contribution < -0.4 is 11.1 Å². The predicted molar refractivity (Wildman–Crippen MR) is 82.7 cm³/mol. The lowest BCUT2D eigenvalue weighted by molar-refractivity contribution is -0.126. The van der Waals surface area contributed by atoms with E-state index >= 15 is 0 Å². The van der Waals surface area contributed by atoms with E-state index in [-0.39, 0.29) is 12.0 Å². The van der Waals surface area contributed by atoms with Crippen LogP contribution in [0.5, 0.6) is 0 Å². The van der Waals surface area contributed by atoms with Gasteiger partial charge in [0.25, 0.3) is 0 Å². The van der Waals surface area contributed by atoms with Crippen LogP contribution in [0.25, 0.3) is 0 Å². The van der Waals surface area contributed by atoms with Crippen LogP contribution in [-0.4, -0.2) is 48.7 Å². The highest BCUT2D eigenvalue weighted by Crippen LogP contribution is 2.10. The summed E-state index contributed by atoms with van der Waals surface area (Å²) in [5.41, 5.74) is 6.21. The molecule has 1 heterocycles. The number of nitrogens with two attached hydrogens (primary N) is 1. The van der Waals surface area contributed by atoms with Crippen LogP contribution >= 0.6 is 0 Å². The maximum absolute atomic E-state index is 11.8. The number of ether oxygens (including phenoxy) is 1. The van der Waals surface area contributed by atoms with Crippen molar-refractivity contribution in [2.24, 2.45) is 5.73 Å². The zero-order valence-electron chi connectivity index (χ0n) is 12.8. The SMILES string of the molecule is CC(C)(N)C(=O)NCC1CN(Cc2ccccc2)CCO1. The molecule has 5 heteroatoms. The van der Waals surface area contributed by atoms with Gasteiger partial charge in [0, 0.05) is 26.2 Å². The Bertz CT molecular complexity index is 456. The van der Waals surface area contributed by atoms with Gasteiger partial charge in [-0.25, -0.2) is 0 Å². The third kappa shape index (κ3) is 5.12. The molecule has 0 radical (unpaired) electrons. The molecule has 1 unspecified atom stereocenters. The molecule has 1 saturated heterocycles. The van der Waals surface area contributed by atoms with Crippen molar-refractivity contribution in [2.75, 3.05) is 26.2 Å². The van der Waals surface area contributed by atoms with Crippen molar-refractivity contribution in [1.82, 2.24) is 10.2 Å². The lowest BCUT2D eigenvalue weighted by Gasteiger charge is -2.33. The van der Waals surface area contributed by atoms with E-state index in [4.69, 9.17) is 10.5 Å². The summed E-state index contributed by atoms with van der Waals surface area (Å²) in [5, 5.41) is 2.86. The Morgan fingerprint density at radius 3 is 2.81 bits per heavy atom. The van der Waals surface area contributed by atoms with Crippen LogP contribution in [0.4, 0.5) is 0 Å². The monoisotopic (exact) mass is 291 g/mol. The van der Waals surface area contributed by atoms with E-state index in [0.29, 0.717) is 13.2 Å². The number of amides is 1. The van der Waals surface area contributed by atoms with Crippen LogP contribution in [0.1, 0.15) is 19.4 Å². The molecule has 3 N–H and O–H groups in total. The first kappa shape index (κ1) is 15.9. The number of benzene rings is 1. The molecule has 2 rings (SSSR count). The van der Waals surface area contributed by atoms with E-state index < -0.39 is 5.54 Å². The lowest BCUT2D eigenvalue weighted by Crippen LogP contribution is -2.53. The van der Waals surface area contributed by atoms with Crippen LogP contribution in [0, 0.1) is 0 Å². The van der Waals surface area contributed by atoms with Gasteiger partial charge < -0.3 is 15.8 Å². The van der Waals surface area contributed by atoms with Crippen molar-refractivity contribution < 1.29 is 9.53 Å². The average molecular weight is 291 g/mol. The van der Waals surface area contributed by atoms with Crippen molar-refractivity contribution in [3.8, 4) is 0 Å². The molecule has 0 spiro atoms. The normalized spacial score (nSPS) is 20.2. The molecule has 1 aliphatic heterocycles. The molecule has 116 valence electrons. The summed E-state index contributed by atoms with van der Waals surface area (Å²) in [6.45, 7) is 7.25. The summed E-state index contributed by atoms with van der Waals surface area (Å²) in [6, 6.07) is 10.4. The van der Waals surface area contributed by atoms with Crippen molar-refractivity contribution in [1.29, 1.82) is 0 Å². The minimum Gasteiger partial charge on any atom is -0.374 e. The molecule has 21 heavy (non-hydrogen) atoms. The predicted octanol–water partition coefficient (Wildman–Crippen LogP) is 0.741. The molecule has 0 bridgehead atoms. The maximum Gasteiger partial charge on any atom is 0.239 e. The van der Waals surface area contributed by atoms with Crippen molar-refractivity contribution in [3.05, 3.63) is 35.9 Å². The number of morpholine rings is 1. The average Bonchev–Trinajstić information content (AvgIpc) is 2.45. The highest BCUT2D eigenvalue weighted by atomic mass is 16.5. The van der Waals surface area contributed by atoms with E-state index in [1.54, 1.807) is 13.8 Å². The van der Waals surface area contributed by atoms with Crippen LogP contribution in [0.3, 0.4) is 0 Å². The fourth-order valence-corrected chi connectivity index (χ4v) is 2.32. The molecule has 5 nitrogen and oxygen atoms in total. The first-order chi connectivity index (χ1) is 9.95. The third-order valence-corrected chi connectivity index (χ3v) is 3.55. The number of carbonyl (C=O) groups excluding carboxylic acids is 1. The summed E-state index contributed by atoms with van der Waals surface area (Å²) in [4.78, 5) is 14.1. The molecule has 1 aromatic carbocycles. The molecule has 0 aliphatic carbocycles. The second-order valence-corrected chi connectivity index (χ2v) is 6.15. The van der Waals surface area contributed by atoms with Gasteiger partial charge in [-0.15, -0.1) is 0 Å². The summed E-state index contributed by atoms with van der Waals surface area (Å²) < 4.78 is 5.71. The number of carbonyl (C=O) groups is 1. The topological polar surface area (TPSA) is 67.6 Å². The Labute approximate surface area is 126 Å². The highest BCUT2D eigenvalue weighted by molar-refractivity contribution is 5.85. The fourth-order valence-electron chi connectivity index (χ4n) is 2.32. The van der Waals surface area contributed by atoms with Gasteiger partial charge in [0.05, 0.1) is 18.2 Å². The first-order valence-electron chi connectivity index (χ1n) is 7.40. The molecule has 1 atom stereocenters. The molecular formula is C16H25N3O2. The maximum atomic E-state index is 11.8. The molecule has 0 aromatic heterocycles. The van der Waals surface area contributed by atoms with E-state index in [1.807, 2.05) is 6.07 Å². The Balaban J connectivity index is 1.80. The van der Waals surface area contributed by atoms with Crippen molar-refractivity contribution in [2.45, 2.75) is 32.0 Å². The molecule has 1 fully saturated rings. The summed E-state index contributed by atoms with van der Waals surface area (Å²) in [5.74, 6) is -0.147. The third-order valence-electron chi connectivity index (χ3n) is 3.55. The smallest absolute Gasteiger partial charge is 0.239 e. The number of hydrogen-bond donors (Lipinski definition) is 2. The Morgan fingerprint density at radius 2 is 2.14 bits per heavy atom. The van der Waals surface area contributed by atoms with Gasteiger partial charge in [-0.3, -0.25) is 9.69 Å². The van der Waals surface area contributed by atoms with E-state index in [1.165, 1.54) is 5.56 Å². The Morgan fingerprint density at radius 1 is 1.43 bits per heavy atom. The van der Waals surface area contributed by atoms with Gasteiger partial charge in [0.15, 0.2) is 0 Å². The van der Waals surface area contributed by atoms with Crippen LogP contribution in [0.2, 0.25) is 0 Å². The Hall–Kier alpha value is -1.43. The van der Waals surface area contributed by atoms with Gasteiger partial charge in [-0.2, -0.15) is 0 Å². The molecule has 0 saturated carbocycles. The van der Waals surface area contributed by atoms with Gasteiger partial charge in [-0.05, 0) is 19.4 Å². The number of hydrogen-bond acceptors (Lipinski definition) is 4. The molecule has 1 aliphatic rings. The van der Waals surface area contributed by atoms with Gasteiger partial charge in [-0.1, -0.05) is 30.3 Å². The standard InChI is InChI=1S/C16H25N3O2/c1-16(2,17)15(20)18-10-14-12-19(8-9-21-14)11-13-6-4-3-5-7-13/h3-7,14H,8-12,17H2,1-2H3,(H,18,20).